The van der Waals surface area contributed by atoms with Gasteiger partial charge in [-0.3, -0.25) is 4.79 Å². The van der Waals surface area contributed by atoms with Crippen LogP contribution in [0.15, 0.2) is 30.3 Å². The summed E-state index contributed by atoms with van der Waals surface area (Å²) in [6, 6.07) is 9.96. The molecule has 0 spiro atoms. The summed E-state index contributed by atoms with van der Waals surface area (Å²) in [6.07, 6.45) is 0.782. The highest BCUT2D eigenvalue weighted by Gasteiger charge is 2.16. The molecule has 0 saturated heterocycles. The Balaban J connectivity index is 2.58. The van der Waals surface area contributed by atoms with E-state index in [1.54, 1.807) is 0 Å². The van der Waals surface area contributed by atoms with Crippen molar-refractivity contribution < 1.29 is 4.79 Å². The van der Waals surface area contributed by atoms with Gasteiger partial charge >= 0.3 is 0 Å². The lowest BCUT2D eigenvalue weighted by molar-refractivity contribution is -0.125. The van der Waals surface area contributed by atoms with Crippen LogP contribution >= 0.6 is 0 Å². The minimum atomic E-state index is -0.0776. The van der Waals surface area contributed by atoms with Crippen molar-refractivity contribution in [3.63, 3.8) is 0 Å². The molecule has 3 nitrogen and oxygen atoms in total. The second-order valence-corrected chi connectivity index (χ2v) is 3.98. The Hall–Kier alpha value is -1.35. The van der Waals surface area contributed by atoms with E-state index in [0.717, 1.165) is 12.0 Å². The fourth-order valence-electron chi connectivity index (χ4n) is 1.62. The Bertz CT molecular complexity index is 320. The van der Waals surface area contributed by atoms with Crippen molar-refractivity contribution in [3.05, 3.63) is 35.9 Å². The predicted octanol–water partition coefficient (Wildman–Crippen LogP) is 1.85. The number of hydrogen-bond acceptors (Lipinski definition) is 2. The fraction of sp³-hybridized carbons (Fsp3) is 0.462. The van der Waals surface area contributed by atoms with Gasteiger partial charge < -0.3 is 11.1 Å². The molecular weight excluding hydrogens is 200 g/mol. The average Bonchev–Trinajstić information content (AvgIpc) is 2.31. The Kier molecular flexibility index (Phi) is 4.99. The van der Waals surface area contributed by atoms with E-state index in [9.17, 15) is 4.79 Å². The van der Waals surface area contributed by atoms with E-state index in [4.69, 9.17) is 5.73 Å². The number of amides is 1. The van der Waals surface area contributed by atoms with Gasteiger partial charge in [-0.2, -0.15) is 0 Å². The Morgan fingerprint density at radius 2 is 2.00 bits per heavy atom. The van der Waals surface area contributed by atoms with Crippen LogP contribution in [0.1, 0.15) is 31.9 Å². The number of hydrogen-bond donors (Lipinski definition) is 2. The minimum Gasteiger partial charge on any atom is -0.349 e. The second-order valence-electron chi connectivity index (χ2n) is 3.98. The number of rotatable bonds is 5. The quantitative estimate of drug-likeness (QED) is 0.795. The van der Waals surface area contributed by atoms with Gasteiger partial charge in [0.1, 0.15) is 0 Å². The van der Waals surface area contributed by atoms with Gasteiger partial charge in [0.15, 0.2) is 0 Å². The largest absolute Gasteiger partial charge is 0.349 e. The SMILES string of the molecule is CC[C@H](CN)C(=O)N[C@@H](C)c1ccccc1. The lowest BCUT2D eigenvalue weighted by atomic mass is 10.0. The fourth-order valence-corrected chi connectivity index (χ4v) is 1.62. The lowest BCUT2D eigenvalue weighted by Gasteiger charge is -2.18. The standard InChI is InChI=1S/C13H20N2O/c1-3-11(9-14)13(16)15-10(2)12-7-5-4-6-8-12/h4-8,10-11H,3,9,14H2,1-2H3,(H,15,16)/t10-,11+/m0/s1. The van der Waals surface area contributed by atoms with Crippen LogP contribution in [0.25, 0.3) is 0 Å². The average molecular weight is 220 g/mol. The molecule has 0 saturated carbocycles. The molecule has 0 radical (unpaired) electrons. The Labute approximate surface area is 97.0 Å². The van der Waals surface area contributed by atoms with Crippen LogP contribution in [-0.4, -0.2) is 12.5 Å². The normalized spacial score (nSPS) is 14.2. The molecule has 0 aliphatic carbocycles. The first-order valence-corrected chi connectivity index (χ1v) is 5.74. The van der Waals surface area contributed by atoms with Crippen LogP contribution in [0, 0.1) is 5.92 Å². The third kappa shape index (κ3) is 3.35. The highest BCUT2D eigenvalue weighted by Crippen LogP contribution is 2.12. The first-order valence-electron chi connectivity index (χ1n) is 5.74. The zero-order valence-corrected chi connectivity index (χ0v) is 9.94. The number of benzene rings is 1. The summed E-state index contributed by atoms with van der Waals surface area (Å²) in [4.78, 5) is 11.8. The maximum atomic E-state index is 11.8. The summed E-state index contributed by atoms with van der Waals surface area (Å²) >= 11 is 0. The van der Waals surface area contributed by atoms with Gasteiger partial charge in [-0.05, 0) is 18.9 Å². The van der Waals surface area contributed by atoms with Crippen molar-refractivity contribution in [1.29, 1.82) is 0 Å². The molecule has 2 atom stereocenters. The lowest BCUT2D eigenvalue weighted by Crippen LogP contribution is -2.36. The van der Waals surface area contributed by atoms with Crippen LogP contribution < -0.4 is 11.1 Å². The third-order valence-electron chi connectivity index (χ3n) is 2.81. The van der Waals surface area contributed by atoms with Crippen molar-refractivity contribution in [1.82, 2.24) is 5.32 Å². The van der Waals surface area contributed by atoms with Gasteiger partial charge in [-0.1, -0.05) is 37.3 Å². The number of nitrogens with one attached hydrogen (secondary N) is 1. The highest BCUT2D eigenvalue weighted by atomic mass is 16.1. The van der Waals surface area contributed by atoms with E-state index < -0.39 is 0 Å². The summed E-state index contributed by atoms with van der Waals surface area (Å²) in [7, 11) is 0. The maximum absolute atomic E-state index is 11.8. The second kappa shape index (κ2) is 6.28. The van der Waals surface area contributed by atoms with Crippen LogP contribution in [0.3, 0.4) is 0 Å². The molecule has 1 aromatic rings. The Morgan fingerprint density at radius 1 is 1.38 bits per heavy atom. The topological polar surface area (TPSA) is 55.1 Å². The number of carbonyl (C=O) groups excluding carboxylic acids is 1. The van der Waals surface area contributed by atoms with E-state index in [2.05, 4.69) is 5.32 Å². The summed E-state index contributed by atoms with van der Waals surface area (Å²) in [5, 5.41) is 2.98. The summed E-state index contributed by atoms with van der Waals surface area (Å²) < 4.78 is 0. The van der Waals surface area contributed by atoms with E-state index in [-0.39, 0.29) is 17.9 Å². The third-order valence-corrected chi connectivity index (χ3v) is 2.81. The first-order chi connectivity index (χ1) is 7.69. The van der Waals surface area contributed by atoms with Crippen molar-refractivity contribution in [2.75, 3.05) is 6.54 Å². The summed E-state index contributed by atoms with van der Waals surface area (Å²) in [6.45, 7) is 4.37. The van der Waals surface area contributed by atoms with Gasteiger partial charge in [0.2, 0.25) is 5.91 Å². The van der Waals surface area contributed by atoms with Crippen LogP contribution in [0.5, 0.6) is 0 Å². The molecule has 3 heteroatoms. The van der Waals surface area contributed by atoms with Crippen LogP contribution in [-0.2, 0) is 4.79 Å². The molecule has 0 aliphatic rings. The molecule has 16 heavy (non-hydrogen) atoms. The van der Waals surface area contributed by atoms with E-state index in [1.165, 1.54) is 0 Å². The van der Waals surface area contributed by atoms with Crippen molar-refractivity contribution >= 4 is 5.91 Å². The molecule has 3 N–H and O–H groups in total. The maximum Gasteiger partial charge on any atom is 0.224 e. The zero-order valence-electron chi connectivity index (χ0n) is 9.94. The summed E-state index contributed by atoms with van der Waals surface area (Å²) in [5.41, 5.74) is 6.65. The minimum absolute atomic E-state index is 0.0364. The zero-order chi connectivity index (χ0) is 12.0. The van der Waals surface area contributed by atoms with E-state index >= 15 is 0 Å². The molecule has 0 unspecified atom stereocenters. The van der Waals surface area contributed by atoms with E-state index in [1.807, 2.05) is 44.2 Å². The molecule has 1 rings (SSSR count). The molecule has 1 amide bonds. The van der Waals surface area contributed by atoms with Crippen molar-refractivity contribution in [2.45, 2.75) is 26.3 Å². The Morgan fingerprint density at radius 3 is 2.50 bits per heavy atom. The monoisotopic (exact) mass is 220 g/mol. The number of carbonyl (C=O) groups is 1. The smallest absolute Gasteiger partial charge is 0.224 e. The van der Waals surface area contributed by atoms with Crippen LogP contribution in [0.4, 0.5) is 0 Å². The molecule has 0 heterocycles. The van der Waals surface area contributed by atoms with Gasteiger partial charge in [0.05, 0.1) is 6.04 Å². The van der Waals surface area contributed by atoms with Crippen molar-refractivity contribution in [3.8, 4) is 0 Å². The number of nitrogens with two attached hydrogens (primary N) is 1. The van der Waals surface area contributed by atoms with Gasteiger partial charge in [-0.15, -0.1) is 0 Å². The van der Waals surface area contributed by atoms with Gasteiger partial charge in [0, 0.05) is 12.5 Å². The van der Waals surface area contributed by atoms with Gasteiger partial charge in [-0.25, -0.2) is 0 Å². The summed E-state index contributed by atoms with van der Waals surface area (Å²) in [5.74, 6) is -0.0347. The molecular formula is C13H20N2O. The molecule has 0 aliphatic heterocycles. The molecule has 1 aromatic carbocycles. The molecule has 88 valence electrons. The molecule has 0 bridgehead atoms. The van der Waals surface area contributed by atoms with Crippen molar-refractivity contribution in [2.24, 2.45) is 11.7 Å². The first kappa shape index (κ1) is 12.7. The highest BCUT2D eigenvalue weighted by molar-refractivity contribution is 5.79. The molecule has 0 aromatic heterocycles. The van der Waals surface area contributed by atoms with Gasteiger partial charge in [0.25, 0.3) is 0 Å². The predicted molar refractivity (Wildman–Crippen MR) is 65.8 cm³/mol. The van der Waals surface area contributed by atoms with E-state index in [0.29, 0.717) is 6.54 Å². The van der Waals surface area contributed by atoms with Crippen LogP contribution in [0.2, 0.25) is 0 Å². The molecule has 0 fully saturated rings.